The highest BCUT2D eigenvalue weighted by molar-refractivity contribution is 9.10. The normalized spacial score (nSPS) is 13.5. The maximum absolute atomic E-state index is 5.50. The molecule has 5 heteroatoms. The minimum atomic E-state index is 0.306. The van der Waals surface area contributed by atoms with Crippen molar-refractivity contribution in [1.82, 2.24) is 10.3 Å². The Labute approximate surface area is 97.4 Å². The van der Waals surface area contributed by atoms with Crippen LogP contribution in [-0.2, 0) is 6.42 Å². The molecular formula is C9H16BrN3S. The number of nitrogens with two attached hydrogens (primary N) is 1. The van der Waals surface area contributed by atoms with Crippen molar-refractivity contribution in [2.75, 3.05) is 20.6 Å². The fourth-order valence-corrected chi connectivity index (χ4v) is 2.91. The summed E-state index contributed by atoms with van der Waals surface area (Å²) >= 11 is 5.28. The maximum atomic E-state index is 5.50. The molecule has 0 aliphatic heterocycles. The first-order valence-corrected chi connectivity index (χ1v) is 6.13. The summed E-state index contributed by atoms with van der Waals surface area (Å²) in [5, 5.41) is 2.09. The van der Waals surface area contributed by atoms with E-state index < -0.39 is 0 Å². The first-order valence-electron chi connectivity index (χ1n) is 4.46. The lowest BCUT2D eigenvalue weighted by Crippen LogP contribution is -2.43. The Morgan fingerprint density at radius 2 is 2.36 bits per heavy atom. The number of rotatable bonds is 5. The third-order valence-electron chi connectivity index (χ3n) is 1.94. The minimum Gasteiger partial charge on any atom is -0.308 e. The van der Waals surface area contributed by atoms with Gasteiger partial charge in [0.05, 0.1) is 0 Å². The van der Waals surface area contributed by atoms with Crippen LogP contribution in [0, 0.1) is 0 Å². The van der Waals surface area contributed by atoms with E-state index in [1.54, 1.807) is 11.3 Å². The standard InChI is InChI=1S/C9H16BrN3S/c1-13(2)6-7(12-11)5-9-8(10)3-4-14-9/h3-4,7,12H,5-6,11H2,1-2H3. The van der Waals surface area contributed by atoms with Gasteiger partial charge in [0, 0.05) is 28.4 Å². The van der Waals surface area contributed by atoms with E-state index in [4.69, 9.17) is 5.84 Å². The van der Waals surface area contributed by atoms with Gasteiger partial charge in [-0.1, -0.05) is 0 Å². The van der Waals surface area contributed by atoms with Gasteiger partial charge in [0.25, 0.3) is 0 Å². The van der Waals surface area contributed by atoms with Crippen LogP contribution in [0.3, 0.4) is 0 Å². The van der Waals surface area contributed by atoms with E-state index in [2.05, 4.69) is 37.7 Å². The zero-order valence-electron chi connectivity index (χ0n) is 8.46. The van der Waals surface area contributed by atoms with Crippen LogP contribution in [0.4, 0.5) is 0 Å². The molecule has 1 unspecified atom stereocenters. The van der Waals surface area contributed by atoms with Crippen molar-refractivity contribution in [2.24, 2.45) is 5.84 Å². The molecule has 3 nitrogen and oxygen atoms in total. The van der Waals surface area contributed by atoms with Crippen molar-refractivity contribution >= 4 is 27.3 Å². The Morgan fingerprint density at radius 1 is 1.64 bits per heavy atom. The van der Waals surface area contributed by atoms with Crippen molar-refractivity contribution in [3.63, 3.8) is 0 Å². The summed E-state index contributed by atoms with van der Waals surface area (Å²) in [6.07, 6.45) is 0.965. The quantitative estimate of drug-likeness (QED) is 0.632. The number of hydrazine groups is 1. The lowest BCUT2D eigenvalue weighted by molar-refractivity contribution is 0.339. The van der Waals surface area contributed by atoms with Crippen molar-refractivity contribution in [3.8, 4) is 0 Å². The predicted octanol–water partition coefficient (Wildman–Crippen LogP) is 1.45. The predicted molar refractivity (Wildman–Crippen MR) is 65.4 cm³/mol. The van der Waals surface area contributed by atoms with Crippen LogP contribution < -0.4 is 11.3 Å². The highest BCUT2D eigenvalue weighted by Gasteiger charge is 2.11. The summed E-state index contributed by atoms with van der Waals surface area (Å²) < 4.78 is 1.18. The molecule has 0 fully saturated rings. The van der Waals surface area contributed by atoms with E-state index in [0.717, 1.165) is 13.0 Å². The Bertz CT molecular complexity index is 275. The van der Waals surface area contributed by atoms with Crippen molar-refractivity contribution in [1.29, 1.82) is 0 Å². The van der Waals surface area contributed by atoms with Gasteiger partial charge in [-0.25, -0.2) is 0 Å². The molecule has 0 radical (unpaired) electrons. The van der Waals surface area contributed by atoms with Crippen molar-refractivity contribution in [3.05, 3.63) is 20.8 Å². The molecule has 1 aromatic rings. The molecule has 1 heterocycles. The Balaban J connectivity index is 2.52. The van der Waals surface area contributed by atoms with Gasteiger partial charge in [-0.3, -0.25) is 11.3 Å². The van der Waals surface area contributed by atoms with Crippen LogP contribution in [0.2, 0.25) is 0 Å². The Morgan fingerprint density at radius 3 is 2.79 bits per heavy atom. The monoisotopic (exact) mass is 277 g/mol. The van der Waals surface area contributed by atoms with Gasteiger partial charge in [0.1, 0.15) is 0 Å². The molecule has 0 aliphatic carbocycles. The molecule has 1 rings (SSSR count). The lowest BCUT2D eigenvalue weighted by atomic mass is 10.2. The number of hydrogen-bond donors (Lipinski definition) is 2. The molecule has 0 aromatic carbocycles. The lowest BCUT2D eigenvalue weighted by Gasteiger charge is -2.19. The third kappa shape index (κ3) is 3.67. The topological polar surface area (TPSA) is 41.3 Å². The molecule has 0 aliphatic rings. The molecule has 0 bridgehead atoms. The Kier molecular flexibility index (Phi) is 5.05. The van der Waals surface area contributed by atoms with Gasteiger partial charge < -0.3 is 4.90 Å². The number of thiophene rings is 1. The molecule has 1 atom stereocenters. The Hall–Kier alpha value is 0.0600. The van der Waals surface area contributed by atoms with E-state index in [-0.39, 0.29) is 0 Å². The fourth-order valence-electron chi connectivity index (χ4n) is 1.31. The molecular weight excluding hydrogens is 262 g/mol. The third-order valence-corrected chi connectivity index (χ3v) is 3.89. The summed E-state index contributed by atoms with van der Waals surface area (Å²) in [6.45, 7) is 0.945. The van der Waals surface area contributed by atoms with Gasteiger partial charge in [0.15, 0.2) is 0 Å². The zero-order valence-corrected chi connectivity index (χ0v) is 10.9. The van der Waals surface area contributed by atoms with E-state index in [9.17, 15) is 0 Å². The average Bonchev–Trinajstić information content (AvgIpc) is 2.50. The summed E-state index contributed by atoms with van der Waals surface area (Å²) in [5.41, 5.74) is 2.84. The minimum absolute atomic E-state index is 0.306. The first-order chi connectivity index (χ1) is 6.63. The largest absolute Gasteiger partial charge is 0.308 e. The highest BCUT2D eigenvalue weighted by atomic mass is 79.9. The van der Waals surface area contributed by atoms with Gasteiger partial charge in [-0.05, 0) is 41.5 Å². The number of nitrogens with zero attached hydrogens (tertiary/aromatic N) is 1. The zero-order chi connectivity index (χ0) is 10.6. The number of likely N-dealkylation sites (N-methyl/N-ethyl adjacent to an activating group) is 1. The van der Waals surface area contributed by atoms with E-state index >= 15 is 0 Å². The molecule has 3 N–H and O–H groups in total. The summed E-state index contributed by atoms with van der Waals surface area (Å²) in [7, 11) is 4.10. The van der Waals surface area contributed by atoms with Crippen molar-refractivity contribution in [2.45, 2.75) is 12.5 Å². The van der Waals surface area contributed by atoms with Gasteiger partial charge in [-0.15, -0.1) is 11.3 Å². The second-order valence-corrected chi connectivity index (χ2v) is 5.38. The summed E-state index contributed by atoms with van der Waals surface area (Å²) in [6, 6.07) is 2.38. The fraction of sp³-hybridized carbons (Fsp3) is 0.556. The van der Waals surface area contributed by atoms with E-state index in [1.165, 1.54) is 9.35 Å². The van der Waals surface area contributed by atoms with E-state index in [0.29, 0.717) is 6.04 Å². The summed E-state index contributed by atoms with van der Waals surface area (Å²) in [4.78, 5) is 3.47. The number of hydrogen-bond acceptors (Lipinski definition) is 4. The smallest absolute Gasteiger partial charge is 0.0386 e. The van der Waals surface area contributed by atoms with Crippen LogP contribution >= 0.6 is 27.3 Å². The highest BCUT2D eigenvalue weighted by Crippen LogP contribution is 2.23. The molecule has 0 saturated heterocycles. The first kappa shape index (κ1) is 12.1. The summed E-state index contributed by atoms with van der Waals surface area (Å²) in [5.74, 6) is 5.50. The van der Waals surface area contributed by atoms with E-state index in [1.807, 2.05) is 14.1 Å². The van der Waals surface area contributed by atoms with Crippen LogP contribution in [0.15, 0.2) is 15.9 Å². The van der Waals surface area contributed by atoms with Crippen LogP contribution in [0.1, 0.15) is 4.88 Å². The second kappa shape index (κ2) is 5.82. The number of nitrogens with one attached hydrogen (secondary N) is 1. The SMILES string of the molecule is CN(C)CC(Cc1sccc1Br)NN. The average molecular weight is 278 g/mol. The molecule has 80 valence electrons. The molecule has 1 aromatic heterocycles. The van der Waals surface area contributed by atoms with Crippen LogP contribution in [0.25, 0.3) is 0 Å². The molecule has 0 saturated carbocycles. The molecule has 0 spiro atoms. The molecule has 14 heavy (non-hydrogen) atoms. The van der Waals surface area contributed by atoms with Gasteiger partial charge >= 0.3 is 0 Å². The second-order valence-electron chi connectivity index (χ2n) is 3.52. The van der Waals surface area contributed by atoms with Gasteiger partial charge in [0.2, 0.25) is 0 Å². The number of halogens is 1. The maximum Gasteiger partial charge on any atom is 0.0386 e. The molecule has 0 amide bonds. The van der Waals surface area contributed by atoms with Gasteiger partial charge in [-0.2, -0.15) is 0 Å². The van der Waals surface area contributed by atoms with Crippen molar-refractivity contribution < 1.29 is 0 Å². The van der Waals surface area contributed by atoms with Crippen LogP contribution in [0.5, 0.6) is 0 Å². The van der Waals surface area contributed by atoms with Crippen LogP contribution in [-0.4, -0.2) is 31.6 Å².